The highest BCUT2D eigenvalue weighted by molar-refractivity contribution is 5.96. The third kappa shape index (κ3) is 4.93. The van der Waals surface area contributed by atoms with Crippen LogP contribution in [0.15, 0.2) is 36.5 Å². The van der Waals surface area contributed by atoms with E-state index in [1.54, 1.807) is 0 Å². The van der Waals surface area contributed by atoms with Crippen molar-refractivity contribution in [3.63, 3.8) is 0 Å². The molecule has 0 N–H and O–H groups in total. The second-order valence-corrected chi connectivity index (χ2v) is 6.43. The normalized spacial score (nSPS) is 11.8. The van der Waals surface area contributed by atoms with Gasteiger partial charge in [0.2, 0.25) is 0 Å². The average Bonchev–Trinajstić information content (AvgIpc) is 3.13. The Morgan fingerprint density at radius 2 is 1.87 bits per heavy atom. The van der Waals surface area contributed by atoms with Crippen molar-refractivity contribution in [2.45, 2.75) is 25.9 Å². The zero-order valence-electron chi connectivity index (χ0n) is 16.1. The number of rotatable bonds is 8. The molecule has 30 heavy (non-hydrogen) atoms. The maximum Gasteiger partial charge on any atom is 0.433 e. The molecule has 0 fully saturated rings. The second kappa shape index (κ2) is 9.21. The maximum absolute atomic E-state index is 13.6. The summed E-state index contributed by atoms with van der Waals surface area (Å²) in [7, 11) is 0. The van der Waals surface area contributed by atoms with Crippen LogP contribution in [-0.4, -0.2) is 40.4 Å². The minimum Gasteiger partial charge on any atom is -0.460 e. The van der Waals surface area contributed by atoms with Crippen LogP contribution in [0.25, 0.3) is 16.9 Å². The SMILES string of the molecule is CCCCOCCOC(=O)c1cnn2c(C(F)(F)F)cc(-c3ccc(F)cc3)nc12. The van der Waals surface area contributed by atoms with E-state index in [9.17, 15) is 22.4 Å². The molecule has 0 atom stereocenters. The summed E-state index contributed by atoms with van der Waals surface area (Å²) in [5.74, 6) is -1.40. The number of esters is 1. The molecule has 0 radical (unpaired) electrons. The molecule has 0 saturated carbocycles. The number of unbranched alkanes of at least 4 members (excludes halogenated alkanes) is 1. The monoisotopic (exact) mass is 425 g/mol. The van der Waals surface area contributed by atoms with Crippen LogP contribution in [0, 0.1) is 5.82 Å². The number of benzene rings is 1. The van der Waals surface area contributed by atoms with Crippen LogP contribution in [0.1, 0.15) is 35.8 Å². The van der Waals surface area contributed by atoms with Gasteiger partial charge < -0.3 is 9.47 Å². The molecule has 2 heterocycles. The maximum atomic E-state index is 13.6. The minimum absolute atomic E-state index is 0.0519. The van der Waals surface area contributed by atoms with E-state index in [0.717, 1.165) is 37.2 Å². The van der Waals surface area contributed by atoms with Gasteiger partial charge in [0.15, 0.2) is 11.3 Å². The van der Waals surface area contributed by atoms with Gasteiger partial charge in [-0.1, -0.05) is 13.3 Å². The Kier molecular flexibility index (Phi) is 6.66. The standard InChI is InChI=1S/C20H19F4N3O3/c1-2-3-8-29-9-10-30-19(28)15-12-25-27-17(20(22,23)24)11-16(26-18(15)27)13-4-6-14(21)7-5-13/h4-7,11-12H,2-3,8-10H2,1H3. The summed E-state index contributed by atoms with van der Waals surface area (Å²) in [5.41, 5.74) is -1.45. The lowest BCUT2D eigenvalue weighted by Gasteiger charge is -2.11. The van der Waals surface area contributed by atoms with Crippen LogP contribution in [0.4, 0.5) is 17.6 Å². The number of ether oxygens (including phenoxy) is 2. The fourth-order valence-electron chi connectivity index (χ4n) is 2.70. The van der Waals surface area contributed by atoms with Crippen molar-refractivity contribution in [2.75, 3.05) is 19.8 Å². The van der Waals surface area contributed by atoms with E-state index in [4.69, 9.17) is 9.47 Å². The fraction of sp³-hybridized carbons (Fsp3) is 0.350. The third-order valence-corrected chi connectivity index (χ3v) is 4.23. The van der Waals surface area contributed by atoms with Crippen LogP contribution in [-0.2, 0) is 15.7 Å². The second-order valence-electron chi connectivity index (χ2n) is 6.43. The molecule has 0 bridgehead atoms. The lowest BCUT2D eigenvalue weighted by atomic mass is 10.1. The molecule has 160 valence electrons. The summed E-state index contributed by atoms with van der Waals surface area (Å²) in [6, 6.07) is 5.62. The summed E-state index contributed by atoms with van der Waals surface area (Å²) in [6.45, 7) is 2.66. The van der Waals surface area contributed by atoms with Crippen molar-refractivity contribution in [1.82, 2.24) is 14.6 Å². The Morgan fingerprint density at radius 3 is 2.53 bits per heavy atom. The van der Waals surface area contributed by atoms with Gasteiger partial charge >= 0.3 is 12.1 Å². The molecule has 10 heteroatoms. The summed E-state index contributed by atoms with van der Waals surface area (Å²) in [5, 5.41) is 3.67. The van der Waals surface area contributed by atoms with Gasteiger partial charge in [-0.3, -0.25) is 0 Å². The van der Waals surface area contributed by atoms with Crippen molar-refractivity contribution in [1.29, 1.82) is 0 Å². The molecular weight excluding hydrogens is 406 g/mol. The highest BCUT2D eigenvalue weighted by Crippen LogP contribution is 2.32. The largest absolute Gasteiger partial charge is 0.460 e. The van der Waals surface area contributed by atoms with E-state index in [2.05, 4.69) is 10.1 Å². The number of fused-ring (bicyclic) bond motifs is 1. The molecule has 2 aromatic heterocycles. The van der Waals surface area contributed by atoms with Gasteiger partial charge in [0, 0.05) is 12.2 Å². The fourth-order valence-corrected chi connectivity index (χ4v) is 2.70. The van der Waals surface area contributed by atoms with Crippen molar-refractivity contribution in [2.24, 2.45) is 0 Å². The number of aromatic nitrogens is 3. The van der Waals surface area contributed by atoms with Crippen LogP contribution >= 0.6 is 0 Å². The van der Waals surface area contributed by atoms with Crippen molar-refractivity contribution >= 4 is 11.6 Å². The molecule has 0 amide bonds. The molecule has 3 aromatic rings. The average molecular weight is 425 g/mol. The first-order valence-electron chi connectivity index (χ1n) is 9.28. The molecule has 0 aliphatic carbocycles. The van der Waals surface area contributed by atoms with Gasteiger partial charge in [-0.05, 0) is 36.8 Å². The molecule has 3 rings (SSSR count). The number of alkyl halides is 3. The smallest absolute Gasteiger partial charge is 0.433 e. The topological polar surface area (TPSA) is 65.7 Å². The first-order valence-corrected chi connectivity index (χ1v) is 9.28. The number of hydrogen-bond donors (Lipinski definition) is 0. The van der Waals surface area contributed by atoms with Gasteiger partial charge in [-0.25, -0.2) is 18.7 Å². The molecular formula is C20H19F4N3O3. The minimum atomic E-state index is -4.75. The van der Waals surface area contributed by atoms with Gasteiger partial charge in [0.1, 0.15) is 18.0 Å². The zero-order chi connectivity index (χ0) is 21.7. The Balaban J connectivity index is 1.92. The van der Waals surface area contributed by atoms with E-state index >= 15 is 0 Å². The molecule has 1 aromatic carbocycles. The third-order valence-electron chi connectivity index (χ3n) is 4.23. The Labute approximate surface area is 169 Å². The Hall–Kier alpha value is -3.01. The first kappa shape index (κ1) is 21.7. The molecule has 0 saturated heterocycles. The first-order chi connectivity index (χ1) is 14.3. The number of halogens is 4. The van der Waals surface area contributed by atoms with E-state index in [1.807, 2.05) is 6.92 Å². The quantitative estimate of drug-likeness (QED) is 0.302. The number of carbonyl (C=O) groups is 1. The zero-order valence-corrected chi connectivity index (χ0v) is 16.1. The Bertz CT molecular complexity index is 1020. The number of hydrogen-bond acceptors (Lipinski definition) is 5. The summed E-state index contributed by atoms with van der Waals surface area (Å²) >= 11 is 0. The van der Waals surface area contributed by atoms with Gasteiger partial charge in [0.05, 0.1) is 18.5 Å². The summed E-state index contributed by atoms with van der Waals surface area (Å²) in [4.78, 5) is 16.5. The van der Waals surface area contributed by atoms with Crippen molar-refractivity contribution in [3.05, 3.63) is 53.6 Å². The van der Waals surface area contributed by atoms with Crippen molar-refractivity contribution in [3.8, 4) is 11.3 Å². The molecule has 0 aliphatic rings. The van der Waals surface area contributed by atoms with E-state index < -0.39 is 23.7 Å². The predicted molar refractivity (Wildman–Crippen MR) is 99.4 cm³/mol. The van der Waals surface area contributed by atoms with Gasteiger partial charge in [0.25, 0.3) is 0 Å². The highest BCUT2D eigenvalue weighted by atomic mass is 19.4. The van der Waals surface area contributed by atoms with Crippen LogP contribution in [0.2, 0.25) is 0 Å². The van der Waals surface area contributed by atoms with Crippen molar-refractivity contribution < 1.29 is 31.8 Å². The van der Waals surface area contributed by atoms with E-state index in [1.165, 1.54) is 12.1 Å². The van der Waals surface area contributed by atoms with Gasteiger partial charge in [-0.15, -0.1) is 0 Å². The van der Waals surface area contributed by atoms with E-state index in [0.29, 0.717) is 11.1 Å². The summed E-state index contributed by atoms with van der Waals surface area (Å²) < 4.78 is 64.7. The number of nitrogens with zero attached hydrogens (tertiary/aromatic N) is 3. The lowest BCUT2D eigenvalue weighted by Crippen LogP contribution is -2.15. The highest BCUT2D eigenvalue weighted by Gasteiger charge is 2.36. The lowest BCUT2D eigenvalue weighted by molar-refractivity contribution is -0.142. The van der Waals surface area contributed by atoms with E-state index in [-0.39, 0.29) is 35.7 Å². The van der Waals surface area contributed by atoms with Crippen LogP contribution < -0.4 is 0 Å². The van der Waals surface area contributed by atoms with Crippen LogP contribution in [0.3, 0.4) is 0 Å². The molecule has 0 spiro atoms. The summed E-state index contributed by atoms with van der Waals surface area (Å²) in [6.07, 6.45) is -1.94. The molecule has 0 unspecified atom stereocenters. The predicted octanol–water partition coefficient (Wildman–Crippen LogP) is 4.53. The Morgan fingerprint density at radius 1 is 1.13 bits per heavy atom. The van der Waals surface area contributed by atoms with Gasteiger partial charge in [-0.2, -0.15) is 18.3 Å². The molecule has 6 nitrogen and oxygen atoms in total. The number of carbonyl (C=O) groups excluding carboxylic acids is 1. The van der Waals surface area contributed by atoms with Crippen LogP contribution in [0.5, 0.6) is 0 Å². The molecule has 0 aliphatic heterocycles.